The zero-order chi connectivity index (χ0) is 15.5. The fraction of sp³-hybridized carbons (Fsp3) is 0.286. The van der Waals surface area contributed by atoms with Crippen molar-refractivity contribution in [1.29, 1.82) is 0 Å². The van der Waals surface area contributed by atoms with Crippen molar-refractivity contribution in [2.45, 2.75) is 25.3 Å². The van der Waals surface area contributed by atoms with Crippen LogP contribution in [0.4, 0.5) is 10.1 Å². The standard InChI is InChI=1S/C14H17FN2O2S2/c1-3-16-8-11-7-12(9-20-11)21(18,19)17-14-6-4-5-13(15)10(14)2/h4-7,9,16-17H,3,8H2,1-2H3. The minimum absolute atomic E-state index is 0.198. The van der Waals surface area contributed by atoms with E-state index in [0.29, 0.717) is 6.54 Å². The third-order valence-electron chi connectivity index (χ3n) is 3.00. The first-order valence-electron chi connectivity index (χ1n) is 6.50. The molecule has 0 unspecified atom stereocenters. The van der Waals surface area contributed by atoms with Gasteiger partial charge in [-0.25, -0.2) is 12.8 Å². The molecule has 0 amide bonds. The summed E-state index contributed by atoms with van der Waals surface area (Å²) in [7, 11) is -3.69. The van der Waals surface area contributed by atoms with E-state index in [2.05, 4.69) is 10.0 Å². The van der Waals surface area contributed by atoms with E-state index in [1.165, 1.54) is 30.4 Å². The molecule has 0 aliphatic heterocycles. The molecule has 7 heteroatoms. The molecule has 2 aromatic rings. The van der Waals surface area contributed by atoms with Crippen molar-refractivity contribution in [3.8, 4) is 0 Å². The summed E-state index contributed by atoms with van der Waals surface area (Å²) in [6.45, 7) is 4.98. The Morgan fingerprint density at radius 3 is 2.81 bits per heavy atom. The normalized spacial score (nSPS) is 11.6. The summed E-state index contributed by atoms with van der Waals surface area (Å²) in [6.07, 6.45) is 0. The van der Waals surface area contributed by atoms with E-state index < -0.39 is 15.8 Å². The van der Waals surface area contributed by atoms with E-state index in [1.54, 1.807) is 17.5 Å². The maximum atomic E-state index is 13.5. The number of anilines is 1. The van der Waals surface area contributed by atoms with Gasteiger partial charge in [0, 0.05) is 22.4 Å². The molecule has 1 aromatic carbocycles. The number of nitrogens with one attached hydrogen (secondary N) is 2. The highest BCUT2D eigenvalue weighted by atomic mass is 32.2. The number of benzene rings is 1. The monoisotopic (exact) mass is 328 g/mol. The second-order valence-corrected chi connectivity index (χ2v) is 7.23. The summed E-state index contributed by atoms with van der Waals surface area (Å²) in [5, 5.41) is 4.73. The third-order valence-corrected chi connectivity index (χ3v) is 5.43. The summed E-state index contributed by atoms with van der Waals surface area (Å²) >= 11 is 1.38. The van der Waals surface area contributed by atoms with Gasteiger partial charge in [-0.05, 0) is 31.7 Å². The van der Waals surface area contributed by atoms with Crippen LogP contribution in [-0.4, -0.2) is 15.0 Å². The number of thiophene rings is 1. The topological polar surface area (TPSA) is 58.2 Å². The van der Waals surface area contributed by atoms with Gasteiger partial charge < -0.3 is 5.32 Å². The Morgan fingerprint density at radius 1 is 1.33 bits per heavy atom. The predicted octanol–water partition coefficient (Wildman–Crippen LogP) is 3.11. The van der Waals surface area contributed by atoms with Gasteiger partial charge in [0.05, 0.1) is 10.6 Å². The minimum atomic E-state index is -3.69. The van der Waals surface area contributed by atoms with Crippen molar-refractivity contribution in [3.63, 3.8) is 0 Å². The first-order chi connectivity index (χ1) is 9.94. The smallest absolute Gasteiger partial charge is 0.262 e. The predicted molar refractivity (Wildman–Crippen MR) is 83.6 cm³/mol. The Labute approximate surface area is 128 Å². The van der Waals surface area contributed by atoms with Gasteiger partial charge in [-0.3, -0.25) is 4.72 Å². The molecule has 0 bridgehead atoms. The molecular formula is C14H17FN2O2S2. The van der Waals surface area contributed by atoms with Gasteiger partial charge in [0.15, 0.2) is 0 Å². The molecule has 2 rings (SSSR count). The van der Waals surface area contributed by atoms with Crippen LogP contribution >= 0.6 is 11.3 Å². The lowest BCUT2D eigenvalue weighted by atomic mass is 10.2. The quantitative estimate of drug-likeness (QED) is 0.856. The van der Waals surface area contributed by atoms with Crippen LogP contribution < -0.4 is 10.0 Å². The lowest BCUT2D eigenvalue weighted by Gasteiger charge is -2.09. The van der Waals surface area contributed by atoms with Crippen molar-refractivity contribution in [2.75, 3.05) is 11.3 Å². The first kappa shape index (κ1) is 15.9. The van der Waals surface area contributed by atoms with Crippen LogP contribution in [0.25, 0.3) is 0 Å². The maximum absolute atomic E-state index is 13.5. The minimum Gasteiger partial charge on any atom is -0.312 e. The Balaban J connectivity index is 2.22. The van der Waals surface area contributed by atoms with E-state index in [9.17, 15) is 12.8 Å². The number of rotatable bonds is 6. The van der Waals surface area contributed by atoms with Gasteiger partial charge >= 0.3 is 0 Å². The summed E-state index contributed by atoms with van der Waals surface area (Å²) < 4.78 is 40.5. The van der Waals surface area contributed by atoms with Gasteiger partial charge in [-0.2, -0.15) is 0 Å². The van der Waals surface area contributed by atoms with Gasteiger partial charge in [-0.1, -0.05) is 13.0 Å². The second kappa shape index (κ2) is 6.55. The number of hydrogen-bond acceptors (Lipinski definition) is 4. The largest absolute Gasteiger partial charge is 0.312 e. The number of halogens is 1. The third kappa shape index (κ3) is 3.81. The van der Waals surface area contributed by atoms with E-state index in [0.717, 1.165) is 11.4 Å². The molecule has 0 aliphatic rings. The molecule has 0 spiro atoms. The molecule has 21 heavy (non-hydrogen) atoms. The Hall–Kier alpha value is -1.44. The Bertz CT molecular complexity index is 726. The van der Waals surface area contributed by atoms with Crippen molar-refractivity contribution in [2.24, 2.45) is 0 Å². The molecule has 4 nitrogen and oxygen atoms in total. The van der Waals surface area contributed by atoms with E-state index >= 15 is 0 Å². The van der Waals surface area contributed by atoms with E-state index in [4.69, 9.17) is 0 Å². The summed E-state index contributed by atoms with van der Waals surface area (Å²) in [4.78, 5) is 1.14. The van der Waals surface area contributed by atoms with Crippen LogP contribution in [0.15, 0.2) is 34.5 Å². The Kier molecular flexibility index (Phi) is 4.97. The molecular weight excluding hydrogens is 311 g/mol. The van der Waals surface area contributed by atoms with Crippen molar-refractivity contribution in [1.82, 2.24) is 5.32 Å². The van der Waals surface area contributed by atoms with Crippen molar-refractivity contribution < 1.29 is 12.8 Å². The van der Waals surface area contributed by atoms with Crippen LogP contribution in [0.2, 0.25) is 0 Å². The molecule has 0 saturated heterocycles. The lowest BCUT2D eigenvalue weighted by molar-refractivity contribution is 0.601. The second-order valence-electron chi connectivity index (χ2n) is 4.55. The molecule has 0 fully saturated rings. The maximum Gasteiger partial charge on any atom is 0.262 e. The van der Waals surface area contributed by atoms with Crippen LogP contribution in [-0.2, 0) is 16.6 Å². The molecule has 1 aromatic heterocycles. The van der Waals surface area contributed by atoms with Crippen LogP contribution in [0.5, 0.6) is 0 Å². The average Bonchev–Trinajstić information content (AvgIpc) is 2.91. The first-order valence-corrected chi connectivity index (χ1v) is 8.86. The highest BCUT2D eigenvalue weighted by Gasteiger charge is 2.18. The summed E-state index contributed by atoms with van der Waals surface area (Å²) in [6, 6.07) is 5.95. The van der Waals surface area contributed by atoms with Crippen LogP contribution in [0.3, 0.4) is 0 Å². The summed E-state index contributed by atoms with van der Waals surface area (Å²) in [5.41, 5.74) is 0.540. The van der Waals surface area contributed by atoms with Crippen molar-refractivity contribution >= 4 is 27.0 Å². The van der Waals surface area contributed by atoms with Crippen LogP contribution in [0.1, 0.15) is 17.4 Å². The highest BCUT2D eigenvalue weighted by molar-refractivity contribution is 7.92. The zero-order valence-electron chi connectivity index (χ0n) is 11.8. The Morgan fingerprint density at radius 2 is 2.10 bits per heavy atom. The van der Waals surface area contributed by atoms with Crippen molar-refractivity contribution in [3.05, 3.63) is 45.9 Å². The zero-order valence-corrected chi connectivity index (χ0v) is 13.4. The van der Waals surface area contributed by atoms with E-state index in [1.807, 2.05) is 6.92 Å². The van der Waals surface area contributed by atoms with Gasteiger partial charge in [0.25, 0.3) is 10.0 Å². The number of hydrogen-bond donors (Lipinski definition) is 2. The fourth-order valence-electron chi connectivity index (χ4n) is 1.76. The molecule has 0 saturated carbocycles. The molecule has 2 N–H and O–H groups in total. The van der Waals surface area contributed by atoms with E-state index in [-0.39, 0.29) is 16.1 Å². The SMILES string of the molecule is CCNCc1cc(S(=O)(=O)Nc2cccc(F)c2C)cs1. The molecule has 0 atom stereocenters. The fourth-order valence-corrected chi connectivity index (χ4v) is 4.13. The lowest BCUT2D eigenvalue weighted by Crippen LogP contribution is -2.14. The van der Waals surface area contributed by atoms with Gasteiger partial charge in [0.2, 0.25) is 0 Å². The van der Waals surface area contributed by atoms with Gasteiger partial charge in [0.1, 0.15) is 5.82 Å². The molecule has 0 radical (unpaired) electrons. The molecule has 0 aliphatic carbocycles. The average molecular weight is 328 g/mol. The van der Waals surface area contributed by atoms with Crippen LogP contribution in [0, 0.1) is 12.7 Å². The molecule has 1 heterocycles. The highest BCUT2D eigenvalue weighted by Crippen LogP contribution is 2.24. The molecule has 114 valence electrons. The van der Waals surface area contributed by atoms with Gasteiger partial charge in [-0.15, -0.1) is 11.3 Å². The summed E-state index contributed by atoms with van der Waals surface area (Å²) in [5.74, 6) is -0.437. The number of sulfonamides is 1.